The standard InChI is InChI=1S/C23H26F2N4O4S/c1-12(33-14(3)30)21(32)29(15-10-17(24)27-18(25)11-15)22-28-19(13(2)34-22)20(31)26-16-6-9-23(16)7-4-5-8-23/h10-12,16H,4-9H2,1-3H3,(H,26,31). The maximum absolute atomic E-state index is 13.9. The molecule has 2 aromatic heterocycles. The van der Waals surface area contributed by atoms with E-state index in [0.717, 1.165) is 61.0 Å². The van der Waals surface area contributed by atoms with Crippen LogP contribution in [0.3, 0.4) is 0 Å². The Morgan fingerprint density at radius 3 is 2.38 bits per heavy atom. The van der Waals surface area contributed by atoms with E-state index in [2.05, 4.69) is 15.3 Å². The Balaban J connectivity index is 1.64. The molecule has 1 spiro atoms. The number of nitrogens with zero attached hydrogens (tertiary/aromatic N) is 3. The normalized spacial score (nSPS) is 19.4. The maximum atomic E-state index is 13.9. The summed E-state index contributed by atoms with van der Waals surface area (Å²) in [5, 5.41) is 3.13. The summed E-state index contributed by atoms with van der Waals surface area (Å²) in [6.07, 6.45) is 5.32. The minimum atomic E-state index is -1.25. The molecule has 2 saturated carbocycles. The second kappa shape index (κ2) is 9.36. The van der Waals surface area contributed by atoms with Gasteiger partial charge in [-0.15, -0.1) is 11.3 Å². The number of aryl methyl sites for hydroxylation is 1. The molecule has 0 aliphatic heterocycles. The molecule has 4 rings (SSSR count). The van der Waals surface area contributed by atoms with E-state index >= 15 is 0 Å². The number of halogens is 2. The Bertz CT molecular complexity index is 1110. The number of thiazole rings is 1. The van der Waals surface area contributed by atoms with Crippen LogP contribution in [0, 0.1) is 24.2 Å². The number of ether oxygens (including phenoxy) is 1. The highest BCUT2D eigenvalue weighted by atomic mass is 32.1. The molecule has 11 heteroatoms. The molecule has 2 aliphatic carbocycles. The predicted molar refractivity (Wildman–Crippen MR) is 121 cm³/mol. The number of pyridine rings is 1. The Kier molecular flexibility index (Phi) is 6.66. The molecule has 2 amide bonds. The summed E-state index contributed by atoms with van der Waals surface area (Å²) in [6, 6.07) is 1.84. The van der Waals surface area contributed by atoms with E-state index in [9.17, 15) is 23.2 Å². The first kappa shape index (κ1) is 24.2. The highest BCUT2D eigenvalue weighted by Gasteiger charge is 2.49. The van der Waals surface area contributed by atoms with Crippen molar-refractivity contribution >= 4 is 39.9 Å². The zero-order chi connectivity index (χ0) is 24.6. The average Bonchev–Trinajstić information content (AvgIpc) is 3.39. The molecule has 2 heterocycles. The fourth-order valence-corrected chi connectivity index (χ4v) is 5.84. The molecule has 182 valence electrons. The van der Waals surface area contributed by atoms with Crippen LogP contribution in [0.2, 0.25) is 0 Å². The lowest BCUT2D eigenvalue weighted by atomic mass is 9.63. The van der Waals surface area contributed by atoms with Crippen LogP contribution in [0.1, 0.15) is 67.7 Å². The van der Waals surface area contributed by atoms with E-state index in [1.807, 2.05) is 0 Å². The van der Waals surface area contributed by atoms with E-state index in [1.54, 1.807) is 6.92 Å². The van der Waals surface area contributed by atoms with Gasteiger partial charge in [-0.25, -0.2) is 4.98 Å². The number of hydrogen-bond acceptors (Lipinski definition) is 7. The number of aromatic nitrogens is 2. The van der Waals surface area contributed by atoms with Crippen LogP contribution < -0.4 is 10.2 Å². The second-order valence-electron chi connectivity index (χ2n) is 8.93. The predicted octanol–water partition coefficient (Wildman–Crippen LogP) is 4.19. The van der Waals surface area contributed by atoms with Crippen molar-refractivity contribution in [2.75, 3.05) is 4.90 Å². The van der Waals surface area contributed by atoms with E-state index < -0.39 is 29.9 Å². The Morgan fingerprint density at radius 1 is 1.18 bits per heavy atom. The molecule has 8 nitrogen and oxygen atoms in total. The first-order valence-electron chi connectivity index (χ1n) is 11.2. The molecule has 1 N–H and O–H groups in total. The summed E-state index contributed by atoms with van der Waals surface area (Å²) in [5.41, 5.74) is 0.141. The van der Waals surface area contributed by atoms with Crippen molar-refractivity contribution in [2.45, 2.75) is 71.4 Å². The highest BCUT2D eigenvalue weighted by molar-refractivity contribution is 7.16. The fourth-order valence-electron chi connectivity index (χ4n) is 4.91. The Hall–Kier alpha value is -2.95. The van der Waals surface area contributed by atoms with Gasteiger partial charge in [-0.05, 0) is 44.9 Å². The molecule has 2 fully saturated rings. The largest absolute Gasteiger partial charge is 0.453 e. The first-order valence-corrected chi connectivity index (χ1v) is 12.0. The van der Waals surface area contributed by atoms with Gasteiger partial charge >= 0.3 is 5.97 Å². The van der Waals surface area contributed by atoms with Crippen molar-refractivity contribution in [3.63, 3.8) is 0 Å². The number of anilines is 2. The number of rotatable bonds is 6. The molecule has 2 aliphatic rings. The monoisotopic (exact) mass is 492 g/mol. The molecule has 2 unspecified atom stereocenters. The van der Waals surface area contributed by atoms with E-state index in [1.165, 1.54) is 19.8 Å². The van der Waals surface area contributed by atoms with Gasteiger partial charge in [-0.1, -0.05) is 12.8 Å². The van der Waals surface area contributed by atoms with Gasteiger partial charge in [0, 0.05) is 30.0 Å². The van der Waals surface area contributed by atoms with Crippen molar-refractivity contribution in [3.05, 3.63) is 34.6 Å². The smallest absolute Gasteiger partial charge is 0.303 e. The second-order valence-corrected chi connectivity index (χ2v) is 10.1. The van der Waals surface area contributed by atoms with Crippen LogP contribution in [0.25, 0.3) is 0 Å². The van der Waals surface area contributed by atoms with E-state index in [-0.39, 0.29) is 33.9 Å². The van der Waals surface area contributed by atoms with Gasteiger partial charge in [0.1, 0.15) is 5.69 Å². The minimum Gasteiger partial charge on any atom is -0.453 e. The lowest BCUT2D eigenvalue weighted by molar-refractivity contribution is -0.151. The van der Waals surface area contributed by atoms with Gasteiger partial charge in [-0.3, -0.25) is 19.3 Å². The number of esters is 1. The maximum Gasteiger partial charge on any atom is 0.303 e. The van der Waals surface area contributed by atoms with Gasteiger partial charge in [0.05, 0.1) is 5.69 Å². The van der Waals surface area contributed by atoms with Crippen LogP contribution in [0.4, 0.5) is 19.6 Å². The summed E-state index contributed by atoms with van der Waals surface area (Å²) in [7, 11) is 0. The van der Waals surface area contributed by atoms with E-state index in [4.69, 9.17) is 4.74 Å². The Labute approximate surface area is 199 Å². The molecule has 2 atom stereocenters. The number of nitrogens with one attached hydrogen (secondary N) is 1. The lowest BCUT2D eigenvalue weighted by Gasteiger charge is -2.47. The summed E-state index contributed by atoms with van der Waals surface area (Å²) >= 11 is 1.03. The molecular weight excluding hydrogens is 466 g/mol. The van der Waals surface area contributed by atoms with Crippen LogP contribution >= 0.6 is 11.3 Å². The third-order valence-electron chi connectivity index (χ3n) is 6.68. The summed E-state index contributed by atoms with van der Waals surface area (Å²) < 4.78 is 32.7. The van der Waals surface area contributed by atoms with Crippen LogP contribution in [0.5, 0.6) is 0 Å². The van der Waals surface area contributed by atoms with Crippen molar-refractivity contribution in [1.82, 2.24) is 15.3 Å². The molecule has 34 heavy (non-hydrogen) atoms. The first-order chi connectivity index (χ1) is 16.1. The minimum absolute atomic E-state index is 0.0286. The molecular formula is C23H26F2N4O4S. The van der Waals surface area contributed by atoms with Crippen LogP contribution in [0.15, 0.2) is 12.1 Å². The van der Waals surface area contributed by atoms with Gasteiger partial charge in [0.25, 0.3) is 11.8 Å². The molecule has 0 bridgehead atoms. The third-order valence-corrected chi connectivity index (χ3v) is 7.64. The van der Waals surface area contributed by atoms with Crippen molar-refractivity contribution < 1.29 is 27.9 Å². The zero-order valence-electron chi connectivity index (χ0n) is 19.2. The number of carbonyl (C=O) groups excluding carboxylic acids is 3. The summed E-state index contributed by atoms with van der Waals surface area (Å²) in [5.74, 6) is -4.07. The SMILES string of the molecule is CC(=O)OC(C)C(=O)N(c1cc(F)nc(F)c1)c1nc(C(=O)NC2CCC23CCCC3)c(C)s1. The Morgan fingerprint density at radius 2 is 1.82 bits per heavy atom. The third kappa shape index (κ3) is 4.66. The molecule has 0 radical (unpaired) electrons. The lowest BCUT2D eigenvalue weighted by Crippen LogP contribution is -2.54. The number of hydrogen-bond donors (Lipinski definition) is 1. The van der Waals surface area contributed by atoms with Gasteiger partial charge in [-0.2, -0.15) is 13.8 Å². The zero-order valence-corrected chi connectivity index (χ0v) is 20.0. The van der Waals surface area contributed by atoms with Crippen molar-refractivity contribution in [3.8, 4) is 0 Å². The topological polar surface area (TPSA) is 101 Å². The fraction of sp³-hybridized carbons (Fsp3) is 0.522. The van der Waals surface area contributed by atoms with Crippen LogP contribution in [-0.2, 0) is 14.3 Å². The van der Waals surface area contributed by atoms with Crippen molar-refractivity contribution in [2.24, 2.45) is 5.41 Å². The molecule has 2 aromatic rings. The number of carbonyl (C=O) groups is 3. The average molecular weight is 493 g/mol. The quantitative estimate of drug-likeness (QED) is 0.479. The van der Waals surface area contributed by atoms with Gasteiger partial charge in [0.2, 0.25) is 11.9 Å². The molecule has 0 aromatic carbocycles. The van der Waals surface area contributed by atoms with E-state index in [0.29, 0.717) is 4.88 Å². The van der Waals surface area contributed by atoms with Crippen molar-refractivity contribution in [1.29, 1.82) is 0 Å². The van der Waals surface area contributed by atoms with Crippen LogP contribution in [-0.4, -0.2) is 39.9 Å². The molecule has 0 saturated heterocycles. The summed E-state index contributed by atoms with van der Waals surface area (Å²) in [6.45, 7) is 4.18. The van der Waals surface area contributed by atoms with Gasteiger partial charge < -0.3 is 10.1 Å². The number of amides is 2. The highest BCUT2D eigenvalue weighted by Crippen LogP contribution is 2.53. The summed E-state index contributed by atoms with van der Waals surface area (Å²) in [4.78, 5) is 46.5. The van der Waals surface area contributed by atoms with Gasteiger partial charge in [0.15, 0.2) is 11.2 Å².